The molecule has 0 bridgehead atoms. The van der Waals surface area contributed by atoms with Gasteiger partial charge >= 0.3 is 5.97 Å². The van der Waals surface area contributed by atoms with Crippen molar-refractivity contribution in [1.82, 2.24) is 19.2 Å². The van der Waals surface area contributed by atoms with Crippen LogP contribution in [0.15, 0.2) is 30.5 Å². The Kier molecular flexibility index (Phi) is 5.86. The standard InChI is InChI=1S/C25H32N4O2/c1-6-27-11-13-28(14-12-27)19(5)24-17(3)22(25(30)31)15-23-21(9-10-29(23)24)20-8-7-16(2)26-18(20)4/h7-10,15,19H,6,11-14H2,1-5H3,(H,30,31). The number of carboxylic acid groups (broad SMARTS) is 1. The van der Waals surface area contributed by atoms with E-state index in [9.17, 15) is 9.90 Å². The lowest BCUT2D eigenvalue weighted by molar-refractivity contribution is 0.0695. The summed E-state index contributed by atoms with van der Waals surface area (Å²) in [6, 6.07) is 8.12. The number of aromatic nitrogens is 2. The number of nitrogens with zero attached hydrogens (tertiary/aromatic N) is 4. The number of hydrogen-bond acceptors (Lipinski definition) is 4. The fraction of sp³-hybridized carbons (Fsp3) is 0.440. The molecule has 6 heteroatoms. The largest absolute Gasteiger partial charge is 0.478 e. The van der Waals surface area contributed by atoms with Crippen molar-refractivity contribution in [2.75, 3.05) is 32.7 Å². The van der Waals surface area contributed by atoms with Crippen LogP contribution in [0.3, 0.4) is 0 Å². The summed E-state index contributed by atoms with van der Waals surface area (Å²) in [5.41, 5.74) is 7.20. The molecular weight excluding hydrogens is 388 g/mol. The van der Waals surface area contributed by atoms with Gasteiger partial charge in [-0.25, -0.2) is 4.79 Å². The van der Waals surface area contributed by atoms with E-state index in [1.165, 1.54) is 0 Å². The van der Waals surface area contributed by atoms with Gasteiger partial charge in [0.25, 0.3) is 0 Å². The minimum absolute atomic E-state index is 0.123. The lowest BCUT2D eigenvalue weighted by atomic mass is 9.99. The molecule has 31 heavy (non-hydrogen) atoms. The molecule has 164 valence electrons. The van der Waals surface area contributed by atoms with Gasteiger partial charge in [-0.2, -0.15) is 0 Å². The molecule has 6 nitrogen and oxygen atoms in total. The molecule has 1 saturated heterocycles. The smallest absolute Gasteiger partial charge is 0.336 e. The predicted molar refractivity (Wildman–Crippen MR) is 124 cm³/mol. The van der Waals surface area contributed by atoms with Crippen molar-refractivity contribution in [2.45, 2.75) is 40.7 Å². The second-order valence-corrected chi connectivity index (χ2v) is 8.59. The summed E-state index contributed by atoms with van der Waals surface area (Å²) in [5.74, 6) is -0.879. The summed E-state index contributed by atoms with van der Waals surface area (Å²) in [4.78, 5) is 21.7. The molecule has 3 aromatic heterocycles. The van der Waals surface area contributed by atoms with Crippen molar-refractivity contribution < 1.29 is 9.90 Å². The molecule has 0 aliphatic carbocycles. The maximum Gasteiger partial charge on any atom is 0.336 e. The molecule has 0 aromatic carbocycles. The SMILES string of the molecule is CCN1CCN(C(C)c2c(C)c(C(=O)O)cc3c(-c4ccc(C)nc4C)ccn23)CC1. The number of rotatable bonds is 5. The van der Waals surface area contributed by atoms with E-state index in [4.69, 9.17) is 0 Å². The lowest BCUT2D eigenvalue weighted by Gasteiger charge is -2.38. The van der Waals surface area contributed by atoms with E-state index < -0.39 is 5.97 Å². The van der Waals surface area contributed by atoms with Crippen molar-refractivity contribution in [3.8, 4) is 11.1 Å². The first kappa shape index (κ1) is 21.5. The van der Waals surface area contributed by atoms with Crippen LogP contribution >= 0.6 is 0 Å². The molecule has 3 aromatic rings. The third-order valence-electron chi connectivity index (χ3n) is 6.80. The van der Waals surface area contributed by atoms with Crippen LogP contribution in [0.2, 0.25) is 0 Å². The predicted octanol–water partition coefficient (Wildman–Crippen LogP) is 4.32. The first-order valence-electron chi connectivity index (χ1n) is 11.1. The number of likely N-dealkylation sites (N-methyl/N-ethyl adjacent to an activating group) is 1. The van der Waals surface area contributed by atoms with Crippen LogP contribution in [0.5, 0.6) is 0 Å². The zero-order valence-corrected chi connectivity index (χ0v) is 19.1. The summed E-state index contributed by atoms with van der Waals surface area (Å²) >= 11 is 0. The number of hydrogen-bond donors (Lipinski definition) is 1. The van der Waals surface area contributed by atoms with Crippen LogP contribution in [0, 0.1) is 20.8 Å². The normalized spacial score (nSPS) is 16.7. The fourth-order valence-corrected chi connectivity index (χ4v) is 4.94. The van der Waals surface area contributed by atoms with E-state index in [0.29, 0.717) is 5.56 Å². The third kappa shape index (κ3) is 3.86. The Morgan fingerprint density at radius 3 is 2.42 bits per heavy atom. The summed E-state index contributed by atoms with van der Waals surface area (Å²) < 4.78 is 2.19. The maximum atomic E-state index is 12.1. The molecule has 1 aliphatic rings. The molecule has 1 aliphatic heterocycles. The quantitative estimate of drug-likeness (QED) is 0.666. The van der Waals surface area contributed by atoms with Gasteiger partial charge in [-0.05, 0) is 58.0 Å². The number of aryl methyl sites for hydroxylation is 2. The summed E-state index contributed by atoms with van der Waals surface area (Å²) in [6.45, 7) is 15.5. The summed E-state index contributed by atoms with van der Waals surface area (Å²) in [7, 11) is 0. The number of carboxylic acids is 1. The van der Waals surface area contributed by atoms with Crippen molar-refractivity contribution in [2.24, 2.45) is 0 Å². The first-order chi connectivity index (χ1) is 14.8. The van der Waals surface area contributed by atoms with Gasteiger partial charge in [0.05, 0.1) is 11.1 Å². The molecule has 0 amide bonds. The van der Waals surface area contributed by atoms with Crippen molar-refractivity contribution >= 4 is 11.5 Å². The molecule has 0 spiro atoms. The topological polar surface area (TPSA) is 61.1 Å². The molecule has 1 atom stereocenters. The van der Waals surface area contributed by atoms with Crippen LogP contribution in [0.4, 0.5) is 0 Å². The van der Waals surface area contributed by atoms with Gasteiger partial charge in [0, 0.05) is 66.6 Å². The van der Waals surface area contributed by atoms with Crippen molar-refractivity contribution in [3.63, 3.8) is 0 Å². The van der Waals surface area contributed by atoms with Crippen LogP contribution in [-0.4, -0.2) is 63.0 Å². The van der Waals surface area contributed by atoms with Gasteiger partial charge in [0.1, 0.15) is 0 Å². The van der Waals surface area contributed by atoms with Crippen LogP contribution in [0.1, 0.15) is 52.9 Å². The number of fused-ring (bicyclic) bond motifs is 1. The Balaban J connectivity index is 1.86. The van der Waals surface area contributed by atoms with Crippen molar-refractivity contribution in [3.05, 3.63) is 58.7 Å². The van der Waals surface area contributed by atoms with E-state index in [2.05, 4.69) is 51.4 Å². The Labute approximate surface area is 184 Å². The molecule has 1 unspecified atom stereocenters. The minimum Gasteiger partial charge on any atom is -0.478 e. The number of piperazine rings is 1. The van der Waals surface area contributed by atoms with Crippen molar-refractivity contribution in [1.29, 1.82) is 0 Å². The molecule has 4 heterocycles. The molecule has 4 rings (SSSR count). The highest BCUT2D eigenvalue weighted by atomic mass is 16.4. The summed E-state index contributed by atoms with van der Waals surface area (Å²) in [5, 5.41) is 9.96. The zero-order chi connectivity index (χ0) is 22.3. The van der Waals surface area contributed by atoms with Crippen LogP contribution < -0.4 is 0 Å². The minimum atomic E-state index is -0.879. The summed E-state index contributed by atoms with van der Waals surface area (Å²) in [6.07, 6.45) is 2.08. The van der Waals surface area contributed by atoms with E-state index in [1.54, 1.807) is 0 Å². The molecule has 0 radical (unpaired) electrons. The Bertz CT molecular complexity index is 1130. The van der Waals surface area contributed by atoms with Crippen LogP contribution in [0.25, 0.3) is 16.6 Å². The fourth-order valence-electron chi connectivity index (χ4n) is 4.94. The van der Waals surface area contributed by atoms with Gasteiger partial charge < -0.3 is 14.4 Å². The number of carbonyl (C=O) groups is 1. The first-order valence-corrected chi connectivity index (χ1v) is 11.1. The average Bonchev–Trinajstić information content (AvgIpc) is 3.16. The molecular formula is C25H32N4O2. The molecule has 0 saturated carbocycles. The molecule has 1 N–H and O–H groups in total. The number of pyridine rings is 2. The lowest BCUT2D eigenvalue weighted by Crippen LogP contribution is -2.47. The van der Waals surface area contributed by atoms with Gasteiger partial charge in [-0.3, -0.25) is 9.88 Å². The number of aromatic carboxylic acids is 1. The molecule has 1 fully saturated rings. The highest BCUT2D eigenvalue weighted by Gasteiger charge is 2.27. The Morgan fingerprint density at radius 2 is 1.81 bits per heavy atom. The van der Waals surface area contributed by atoms with Gasteiger partial charge in [0.2, 0.25) is 0 Å². The maximum absolute atomic E-state index is 12.1. The van der Waals surface area contributed by atoms with Gasteiger partial charge in [0.15, 0.2) is 0 Å². The van der Waals surface area contributed by atoms with E-state index in [1.807, 2.05) is 32.9 Å². The highest BCUT2D eigenvalue weighted by molar-refractivity contribution is 5.94. The van der Waals surface area contributed by atoms with E-state index in [0.717, 1.165) is 72.0 Å². The Hall–Kier alpha value is -2.70. The van der Waals surface area contributed by atoms with Crippen LogP contribution in [-0.2, 0) is 0 Å². The second kappa shape index (κ2) is 8.44. The van der Waals surface area contributed by atoms with Gasteiger partial charge in [-0.1, -0.05) is 13.0 Å². The average molecular weight is 421 g/mol. The monoisotopic (exact) mass is 420 g/mol. The van der Waals surface area contributed by atoms with E-state index in [-0.39, 0.29) is 6.04 Å². The zero-order valence-electron chi connectivity index (χ0n) is 19.1. The Morgan fingerprint density at radius 1 is 1.10 bits per heavy atom. The second-order valence-electron chi connectivity index (χ2n) is 8.59. The highest BCUT2D eigenvalue weighted by Crippen LogP contribution is 2.34. The van der Waals surface area contributed by atoms with Gasteiger partial charge in [-0.15, -0.1) is 0 Å². The third-order valence-corrected chi connectivity index (χ3v) is 6.80. The van der Waals surface area contributed by atoms with E-state index >= 15 is 0 Å².